The Labute approximate surface area is 115 Å². The van der Waals surface area contributed by atoms with Crippen molar-refractivity contribution in [3.8, 4) is 0 Å². The SMILES string of the molecule is Cc1nn(C)c(CNC2CCC(C)(C)CC2)c1Cl. The Morgan fingerprint density at radius 2 is 2.00 bits per heavy atom. The van der Waals surface area contributed by atoms with E-state index < -0.39 is 0 Å². The summed E-state index contributed by atoms with van der Waals surface area (Å²) >= 11 is 6.25. The summed E-state index contributed by atoms with van der Waals surface area (Å²) in [7, 11) is 1.96. The van der Waals surface area contributed by atoms with Crippen molar-refractivity contribution in [1.29, 1.82) is 0 Å². The minimum Gasteiger partial charge on any atom is -0.308 e. The van der Waals surface area contributed by atoms with E-state index in [-0.39, 0.29) is 0 Å². The molecule has 0 saturated heterocycles. The lowest BCUT2D eigenvalue weighted by molar-refractivity contribution is 0.205. The third-order valence-corrected chi connectivity index (χ3v) is 4.65. The number of hydrogen-bond donors (Lipinski definition) is 1. The van der Waals surface area contributed by atoms with Crippen molar-refractivity contribution in [2.45, 2.75) is 59.0 Å². The largest absolute Gasteiger partial charge is 0.308 e. The molecule has 4 heteroatoms. The minimum absolute atomic E-state index is 0.527. The Morgan fingerprint density at radius 3 is 2.50 bits per heavy atom. The van der Waals surface area contributed by atoms with Gasteiger partial charge in [-0.2, -0.15) is 5.10 Å². The average Bonchev–Trinajstić information content (AvgIpc) is 2.53. The molecule has 0 amide bonds. The summed E-state index contributed by atoms with van der Waals surface area (Å²) in [5.74, 6) is 0. The molecule has 1 aliphatic carbocycles. The van der Waals surface area contributed by atoms with E-state index in [1.807, 2.05) is 18.7 Å². The smallest absolute Gasteiger partial charge is 0.0860 e. The van der Waals surface area contributed by atoms with Gasteiger partial charge < -0.3 is 5.32 Å². The van der Waals surface area contributed by atoms with Crippen LogP contribution in [0.5, 0.6) is 0 Å². The number of aryl methyl sites for hydroxylation is 2. The first-order chi connectivity index (χ1) is 8.39. The van der Waals surface area contributed by atoms with Crippen molar-refractivity contribution in [2.75, 3.05) is 0 Å². The first-order valence-corrected chi connectivity index (χ1v) is 7.18. The molecule has 0 atom stereocenters. The number of rotatable bonds is 3. The number of nitrogens with zero attached hydrogens (tertiary/aromatic N) is 2. The molecule has 3 nitrogen and oxygen atoms in total. The van der Waals surface area contributed by atoms with Crippen LogP contribution in [-0.4, -0.2) is 15.8 Å². The van der Waals surface area contributed by atoms with Crippen LogP contribution in [-0.2, 0) is 13.6 Å². The van der Waals surface area contributed by atoms with Gasteiger partial charge in [0.05, 0.1) is 16.4 Å². The monoisotopic (exact) mass is 269 g/mol. The highest BCUT2D eigenvalue weighted by Gasteiger charge is 2.26. The molecule has 1 N–H and O–H groups in total. The molecule has 1 saturated carbocycles. The van der Waals surface area contributed by atoms with Gasteiger partial charge in [0.1, 0.15) is 0 Å². The zero-order valence-electron chi connectivity index (χ0n) is 11.9. The number of nitrogens with one attached hydrogen (secondary N) is 1. The van der Waals surface area contributed by atoms with Gasteiger partial charge in [-0.3, -0.25) is 4.68 Å². The van der Waals surface area contributed by atoms with Gasteiger partial charge in [0.2, 0.25) is 0 Å². The summed E-state index contributed by atoms with van der Waals surface area (Å²) in [6, 6.07) is 0.629. The van der Waals surface area contributed by atoms with Crippen LogP contribution in [0.25, 0.3) is 0 Å². The van der Waals surface area contributed by atoms with Crippen molar-refractivity contribution in [3.63, 3.8) is 0 Å². The zero-order chi connectivity index (χ0) is 13.3. The zero-order valence-corrected chi connectivity index (χ0v) is 12.6. The Balaban J connectivity index is 1.89. The number of halogens is 1. The van der Waals surface area contributed by atoms with E-state index >= 15 is 0 Å². The van der Waals surface area contributed by atoms with Crippen molar-refractivity contribution in [3.05, 3.63) is 16.4 Å². The van der Waals surface area contributed by atoms with Gasteiger partial charge in [0.15, 0.2) is 0 Å². The highest BCUT2D eigenvalue weighted by Crippen LogP contribution is 2.35. The van der Waals surface area contributed by atoms with E-state index in [1.54, 1.807) is 0 Å². The standard InChI is InChI=1S/C14H24ClN3/c1-10-13(15)12(18(4)17-10)9-16-11-5-7-14(2,3)8-6-11/h11,16H,5-9H2,1-4H3. The van der Waals surface area contributed by atoms with Crippen LogP contribution in [0.2, 0.25) is 5.02 Å². The van der Waals surface area contributed by atoms with Crippen molar-refractivity contribution < 1.29 is 0 Å². The van der Waals surface area contributed by atoms with Crippen LogP contribution in [0.3, 0.4) is 0 Å². The summed E-state index contributed by atoms with van der Waals surface area (Å²) in [6.07, 6.45) is 5.15. The molecule has 0 aliphatic heterocycles. The summed E-state index contributed by atoms with van der Waals surface area (Å²) in [4.78, 5) is 0. The van der Waals surface area contributed by atoms with Gasteiger partial charge in [-0.1, -0.05) is 25.4 Å². The first kappa shape index (κ1) is 13.9. The third-order valence-electron chi connectivity index (χ3n) is 4.16. The highest BCUT2D eigenvalue weighted by molar-refractivity contribution is 6.31. The van der Waals surface area contributed by atoms with Crippen molar-refractivity contribution in [1.82, 2.24) is 15.1 Å². The fraction of sp³-hybridized carbons (Fsp3) is 0.786. The lowest BCUT2D eigenvalue weighted by Gasteiger charge is -2.34. The van der Waals surface area contributed by atoms with E-state index in [9.17, 15) is 0 Å². The molecule has 0 bridgehead atoms. The molecule has 1 aromatic heterocycles. The summed E-state index contributed by atoms with van der Waals surface area (Å²) in [6.45, 7) is 7.51. The van der Waals surface area contributed by atoms with Crippen LogP contribution < -0.4 is 5.32 Å². The topological polar surface area (TPSA) is 29.9 Å². The summed E-state index contributed by atoms with van der Waals surface area (Å²) in [5.41, 5.74) is 2.54. The molecule has 0 radical (unpaired) electrons. The molecule has 18 heavy (non-hydrogen) atoms. The van der Waals surface area contributed by atoms with E-state index in [1.165, 1.54) is 25.7 Å². The predicted octanol–water partition coefficient (Wildman–Crippen LogP) is 3.44. The Bertz CT molecular complexity index is 413. The molecular weight excluding hydrogens is 246 g/mol. The van der Waals surface area contributed by atoms with Crippen LogP contribution >= 0.6 is 11.6 Å². The second-order valence-electron chi connectivity index (χ2n) is 6.29. The molecule has 0 unspecified atom stereocenters. The molecular formula is C14H24ClN3. The summed E-state index contributed by atoms with van der Waals surface area (Å²) < 4.78 is 1.89. The second kappa shape index (κ2) is 5.22. The van der Waals surface area contributed by atoms with Gasteiger partial charge in [-0.05, 0) is 38.0 Å². The van der Waals surface area contributed by atoms with E-state index in [4.69, 9.17) is 11.6 Å². The van der Waals surface area contributed by atoms with E-state index in [0.717, 1.165) is 23.0 Å². The molecule has 2 rings (SSSR count). The lowest BCUT2D eigenvalue weighted by Crippen LogP contribution is -2.35. The van der Waals surface area contributed by atoms with Gasteiger partial charge >= 0.3 is 0 Å². The minimum atomic E-state index is 0.527. The van der Waals surface area contributed by atoms with Gasteiger partial charge in [-0.15, -0.1) is 0 Å². The fourth-order valence-electron chi connectivity index (χ4n) is 2.72. The van der Waals surface area contributed by atoms with Gasteiger partial charge in [-0.25, -0.2) is 0 Å². The quantitative estimate of drug-likeness (QED) is 0.911. The lowest BCUT2D eigenvalue weighted by atomic mass is 9.75. The molecule has 1 aliphatic rings. The molecule has 1 aromatic rings. The number of hydrogen-bond acceptors (Lipinski definition) is 2. The molecule has 1 fully saturated rings. The fourth-order valence-corrected chi connectivity index (χ4v) is 2.94. The average molecular weight is 270 g/mol. The highest BCUT2D eigenvalue weighted by atomic mass is 35.5. The van der Waals surface area contributed by atoms with Gasteiger partial charge in [0.25, 0.3) is 0 Å². The van der Waals surface area contributed by atoms with Crippen molar-refractivity contribution >= 4 is 11.6 Å². The Kier molecular flexibility index (Phi) is 4.02. The summed E-state index contributed by atoms with van der Waals surface area (Å²) in [5, 5.41) is 8.77. The maximum absolute atomic E-state index is 6.25. The molecule has 0 spiro atoms. The van der Waals surface area contributed by atoms with Crippen LogP contribution in [0.1, 0.15) is 50.9 Å². The maximum Gasteiger partial charge on any atom is 0.0860 e. The van der Waals surface area contributed by atoms with Crippen LogP contribution in [0.15, 0.2) is 0 Å². The normalized spacial score (nSPS) is 20.3. The Hall–Kier alpha value is -0.540. The maximum atomic E-state index is 6.25. The Morgan fingerprint density at radius 1 is 1.39 bits per heavy atom. The molecule has 102 valence electrons. The van der Waals surface area contributed by atoms with E-state index in [0.29, 0.717) is 11.5 Å². The first-order valence-electron chi connectivity index (χ1n) is 6.80. The van der Waals surface area contributed by atoms with Gasteiger partial charge in [0, 0.05) is 19.6 Å². The van der Waals surface area contributed by atoms with Crippen LogP contribution in [0, 0.1) is 12.3 Å². The molecule has 0 aromatic carbocycles. The van der Waals surface area contributed by atoms with Crippen molar-refractivity contribution in [2.24, 2.45) is 12.5 Å². The van der Waals surface area contributed by atoms with E-state index in [2.05, 4.69) is 24.3 Å². The number of aromatic nitrogens is 2. The van der Waals surface area contributed by atoms with Crippen LogP contribution in [0.4, 0.5) is 0 Å². The third kappa shape index (κ3) is 3.07. The molecule has 1 heterocycles. The predicted molar refractivity (Wildman–Crippen MR) is 75.8 cm³/mol. The second-order valence-corrected chi connectivity index (χ2v) is 6.67.